The van der Waals surface area contributed by atoms with Crippen LogP contribution in [0.4, 0.5) is 18.0 Å². The molecule has 0 spiro atoms. The number of carbonyl (C=O) groups is 2. The summed E-state index contributed by atoms with van der Waals surface area (Å²) < 4.78 is 46.1. The molecule has 2 aliphatic rings. The third-order valence-corrected chi connectivity index (χ3v) is 5.84. The number of rotatable bonds is 2. The molecule has 1 aromatic rings. The second-order valence-corrected chi connectivity index (χ2v) is 9.52. The first kappa shape index (κ1) is 22.7. The number of hydrogen-bond acceptors (Lipinski definition) is 3. The van der Waals surface area contributed by atoms with Crippen LogP contribution in [0.15, 0.2) is 24.3 Å². The highest BCUT2D eigenvalue weighted by Gasteiger charge is 2.70. The first-order valence-corrected chi connectivity index (χ1v) is 10.3. The molecule has 166 valence electrons. The Bertz CT molecular complexity index is 816. The number of alkyl halides is 3. The Hall–Kier alpha value is -1.96. The lowest BCUT2D eigenvalue weighted by atomic mass is 9.96. The fourth-order valence-corrected chi connectivity index (χ4v) is 3.90. The van der Waals surface area contributed by atoms with E-state index >= 15 is 0 Å². The van der Waals surface area contributed by atoms with E-state index in [1.807, 2.05) is 0 Å². The van der Waals surface area contributed by atoms with E-state index in [1.54, 1.807) is 52.0 Å². The lowest BCUT2D eigenvalue weighted by molar-refractivity contribution is -0.201. The van der Waals surface area contributed by atoms with Crippen LogP contribution < -0.4 is 0 Å². The first-order chi connectivity index (χ1) is 13.7. The van der Waals surface area contributed by atoms with E-state index in [-0.39, 0.29) is 25.9 Å². The highest BCUT2D eigenvalue weighted by atomic mass is 35.5. The van der Waals surface area contributed by atoms with Crippen molar-refractivity contribution in [2.24, 2.45) is 5.41 Å². The molecule has 0 N–H and O–H groups in total. The van der Waals surface area contributed by atoms with Crippen molar-refractivity contribution in [3.8, 4) is 0 Å². The van der Waals surface area contributed by atoms with E-state index in [0.29, 0.717) is 10.6 Å². The smallest absolute Gasteiger partial charge is 0.410 e. The lowest BCUT2D eigenvalue weighted by Gasteiger charge is -2.46. The maximum absolute atomic E-state index is 13.5. The van der Waals surface area contributed by atoms with Crippen molar-refractivity contribution in [2.45, 2.75) is 64.4 Å². The van der Waals surface area contributed by atoms with Gasteiger partial charge in [-0.05, 0) is 58.2 Å². The van der Waals surface area contributed by atoms with Crippen LogP contribution in [0, 0.1) is 5.41 Å². The van der Waals surface area contributed by atoms with Gasteiger partial charge in [-0.15, -0.1) is 0 Å². The lowest BCUT2D eigenvalue weighted by Crippen LogP contribution is -2.59. The molecule has 9 heteroatoms. The van der Waals surface area contributed by atoms with Gasteiger partial charge in [0.2, 0.25) is 5.91 Å². The molecule has 0 aromatic heterocycles. The average molecular weight is 447 g/mol. The van der Waals surface area contributed by atoms with Crippen molar-refractivity contribution in [1.29, 1.82) is 0 Å². The molecule has 1 saturated heterocycles. The second kappa shape index (κ2) is 7.62. The van der Waals surface area contributed by atoms with Crippen LogP contribution in [-0.2, 0) is 9.53 Å². The van der Waals surface area contributed by atoms with Gasteiger partial charge in [0.25, 0.3) is 0 Å². The molecule has 5 nitrogen and oxygen atoms in total. The Morgan fingerprint density at radius 3 is 2.10 bits per heavy atom. The molecule has 0 radical (unpaired) electrons. The predicted molar refractivity (Wildman–Crippen MR) is 106 cm³/mol. The highest BCUT2D eigenvalue weighted by Crippen LogP contribution is 2.59. The predicted octanol–water partition coefficient (Wildman–Crippen LogP) is 5.19. The number of carbonyl (C=O) groups excluding carboxylic acids is 2. The number of benzene rings is 1. The molecular formula is C21H26ClF3N2O3. The van der Waals surface area contributed by atoms with E-state index in [1.165, 1.54) is 9.80 Å². The van der Waals surface area contributed by atoms with Crippen LogP contribution in [-0.4, -0.2) is 52.7 Å². The monoisotopic (exact) mass is 446 g/mol. The minimum Gasteiger partial charge on any atom is -0.444 e. The van der Waals surface area contributed by atoms with Crippen LogP contribution in [0.5, 0.6) is 0 Å². The van der Waals surface area contributed by atoms with Gasteiger partial charge in [0.15, 0.2) is 0 Å². The van der Waals surface area contributed by atoms with Gasteiger partial charge in [0.05, 0.1) is 6.04 Å². The Morgan fingerprint density at radius 2 is 1.63 bits per heavy atom. The summed E-state index contributed by atoms with van der Waals surface area (Å²) in [7, 11) is 0. The zero-order chi connectivity index (χ0) is 22.5. The largest absolute Gasteiger partial charge is 0.444 e. The van der Waals surface area contributed by atoms with Gasteiger partial charge in [0, 0.05) is 24.2 Å². The summed E-state index contributed by atoms with van der Waals surface area (Å²) >= 11 is 5.96. The minimum absolute atomic E-state index is 0.0430. The maximum Gasteiger partial charge on any atom is 0.410 e. The van der Waals surface area contributed by atoms with Gasteiger partial charge in [0.1, 0.15) is 11.0 Å². The van der Waals surface area contributed by atoms with Gasteiger partial charge < -0.3 is 9.64 Å². The SMILES string of the molecule is C[C@@H]1CN(C(=O)OC(C)(C)C)C(c2ccc(Cl)cc2)CN1C(=O)C1(C(F)(F)F)CC1. The third-order valence-electron chi connectivity index (χ3n) is 5.58. The molecule has 1 aliphatic heterocycles. The summed E-state index contributed by atoms with van der Waals surface area (Å²) in [5.41, 5.74) is -2.35. The van der Waals surface area contributed by atoms with Crippen LogP contribution in [0.2, 0.25) is 5.02 Å². The van der Waals surface area contributed by atoms with Gasteiger partial charge in [-0.1, -0.05) is 23.7 Å². The number of hydrogen-bond donors (Lipinski definition) is 0. The normalized spacial score (nSPS) is 23.9. The summed E-state index contributed by atoms with van der Waals surface area (Å²) in [6.45, 7) is 6.91. The summed E-state index contributed by atoms with van der Waals surface area (Å²) in [4.78, 5) is 28.5. The maximum atomic E-state index is 13.5. The van der Waals surface area contributed by atoms with Crippen molar-refractivity contribution in [2.75, 3.05) is 13.1 Å². The summed E-state index contributed by atoms with van der Waals surface area (Å²) in [5.74, 6) is -0.912. The average Bonchev–Trinajstić information content (AvgIpc) is 3.42. The van der Waals surface area contributed by atoms with Crippen LogP contribution in [0.1, 0.15) is 52.1 Å². The molecule has 1 saturated carbocycles. The number of piperazine rings is 1. The van der Waals surface area contributed by atoms with Gasteiger partial charge in [-0.3, -0.25) is 9.69 Å². The zero-order valence-corrected chi connectivity index (χ0v) is 18.2. The van der Waals surface area contributed by atoms with Crippen LogP contribution in [0.25, 0.3) is 0 Å². The Kier molecular flexibility index (Phi) is 5.77. The fraction of sp³-hybridized carbons (Fsp3) is 0.619. The summed E-state index contributed by atoms with van der Waals surface area (Å²) in [6.07, 6.45) is -5.54. The molecule has 1 aromatic carbocycles. The van der Waals surface area contributed by atoms with Crippen molar-refractivity contribution >= 4 is 23.6 Å². The van der Waals surface area contributed by atoms with E-state index in [4.69, 9.17) is 16.3 Å². The van der Waals surface area contributed by atoms with E-state index in [0.717, 1.165) is 0 Å². The summed E-state index contributed by atoms with van der Waals surface area (Å²) in [5, 5.41) is 0.494. The Balaban J connectivity index is 1.92. The zero-order valence-electron chi connectivity index (χ0n) is 17.4. The molecule has 2 amide bonds. The molecule has 3 rings (SSSR count). The summed E-state index contributed by atoms with van der Waals surface area (Å²) in [6, 6.07) is 5.49. The quantitative estimate of drug-likeness (QED) is 0.628. The molecule has 2 atom stereocenters. The van der Waals surface area contributed by atoms with Crippen molar-refractivity contribution in [3.05, 3.63) is 34.9 Å². The molecule has 2 fully saturated rings. The van der Waals surface area contributed by atoms with Crippen molar-refractivity contribution < 1.29 is 27.5 Å². The molecule has 30 heavy (non-hydrogen) atoms. The molecule has 1 heterocycles. The van der Waals surface area contributed by atoms with Gasteiger partial charge in [-0.2, -0.15) is 13.2 Å². The second-order valence-electron chi connectivity index (χ2n) is 9.09. The van der Waals surface area contributed by atoms with E-state index in [9.17, 15) is 22.8 Å². The molecule has 1 unspecified atom stereocenters. The Labute approximate surface area is 179 Å². The molecule has 0 bridgehead atoms. The standard InChI is InChI=1S/C21H26ClF3N2O3/c1-13-11-27(18(29)30-19(2,3)4)16(14-5-7-15(22)8-6-14)12-26(13)17(28)20(9-10-20)21(23,24)25/h5-8,13,16H,9-12H2,1-4H3/t13-,16?/m1/s1. The third kappa shape index (κ3) is 4.38. The number of amides is 2. The Morgan fingerprint density at radius 1 is 1.07 bits per heavy atom. The van der Waals surface area contributed by atoms with Gasteiger partial charge >= 0.3 is 12.3 Å². The topological polar surface area (TPSA) is 49.9 Å². The first-order valence-electron chi connectivity index (χ1n) is 9.88. The van der Waals surface area contributed by atoms with E-state index < -0.39 is 41.3 Å². The fourth-order valence-electron chi connectivity index (χ4n) is 3.77. The van der Waals surface area contributed by atoms with Gasteiger partial charge in [-0.25, -0.2) is 4.79 Å². The van der Waals surface area contributed by atoms with Crippen molar-refractivity contribution in [3.63, 3.8) is 0 Å². The number of ether oxygens (including phenoxy) is 1. The van der Waals surface area contributed by atoms with Crippen molar-refractivity contribution in [1.82, 2.24) is 9.80 Å². The van der Waals surface area contributed by atoms with Crippen LogP contribution >= 0.6 is 11.6 Å². The number of halogens is 4. The van der Waals surface area contributed by atoms with Crippen LogP contribution in [0.3, 0.4) is 0 Å². The highest BCUT2D eigenvalue weighted by molar-refractivity contribution is 6.30. The number of nitrogens with zero attached hydrogens (tertiary/aromatic N) is 2. The molecule has 1 aliphatic carbocycles. The minimum atomic E-state index is -4.58. The molecular weight excluding hydrogens is 421 g/mol. The van der Waals surface area contributed by atoms with E-state index in [2.05, 4.69) is 0 Å².